The number of rotatable bonds is 10. The average Bonchev–Trinajstić information content (AvgIpc) is 3.58. The first-order chi connectivity index (χ1) is 21.0. The van der Waals surface area contributed by atoms with E-state index in [-0.39, 0.29) is 23.5 Å². The van der Waals surface area contributed by atoms with E-state index < -0.39 is 22.4 Å². The monoisotopic (exact) mass is 614 g/mol. The number of H-pyrrole nitrogens is 1. The van der Waals surface area contributed by atoms with Gasteiger partial charge in [0.15, 0.2) is 11.4 Å². The van der Waals surface area contributed by atoms with E-state index in [0.717, 1.165) is 16.7 Å². The molecule has 5 aromatic rings. The molecule has 4 aromatic carbocycles. The Morgan fingerprint density at radius 2 is 1.56 bits per heavy atom. The lowest BCUT2D eigenvalue weighted by Crippen LogP contribution is -2.38. The Labute approximate surface area is 254 Å². The number of anilines is 1. The van der Waals surface area contributed by atoms with Crippen LogP contribution < -0.4 is 4.72 Å². The van der Waals surface area contributed by atoms with E-state index in [1.54, 1.807) is 48.5 Å². The van der Waals surface area contributed by atoms with Crippen LogP contribution in [0.5, 0.6) is 0 Å². The van der Waals surface area contributed by atoms with Crippen LogP contribution in [0.1, 0.15) is 40.6 Å². The van der Waals surface area contributed by atoms with Gasteiger partial charge in [0.1, 0.15) is 6.33 Å². The molecule has 4 atom stereocenters. The summed E-state index contributed by atoms with van der Waals surface area (Å²) in [5, 5.41) is 17.2. The number of aromatic nitrogens is 3. The Morgan fingerprint density at radius 3 is 2.26 bits per heavy atom. The third kappa shape index (κ3) is 6.82. The van der Waals surface area contributed by atoms with E-state index in [4.69, 9.17) is 9.47 Å². The molecule has 1 aliphatic heterocycles. The van der Waals surface area contributed by atoms with E-state index in [1.807, 2.05) is 48.5 Å². The van der Waals surface area contributed by atoms with Gasteiger partial charge >= 0.3 is 0 Å². The minimum absolute atomic E-state index is 0.0538. The van der Waals surface area contributed by atoms with Crippen LogP contribution in [-0.2, 0) is 26.1 Å². The SMILES string of the molecule is O=S(=O)(Nc1cccc(C2OC(CSc3ncn[nH]3)C(c3ccccc3)C(c3ccc(CO)cc3)O2)c1)c1ccccc1. The van der Waals surface area contributed by atoms with Gasteiger partial charge in [-0.1, -0.05) is 96.7 Å². The highest BCUT2D eigenvalue weighted by molar-refractivity contribution is 7.99. The van der Waals surface area contributed by atoms with Gasteiger partial charge in [-0.3, -0.25) is 9.82 Å². The third-order valence-electron chi connectivity index (χ3n) is 7.21. The molecule has 3 N–H and O–H groups in total. The minimum Gasteiger partial charge on any atom is -0.392 e. The number of benzene rings is 4. The lowest BCUT2D eigenvalue weighted by molar-refractivity contribution is -0.255. The summed E-state index contributed by atoms with van der Waals surface area (Å²) in [7, 11) is -3.78. The second-order valence-electron chi connectivity index (χ2n) is 10.0. The molecule has 0 saturated carbocycles. The molecular formula is C32H30N4O5S2. The summed E-state index contributed by atoms with van der Waals surface area (Å²) in [5.41, 5.74) is 3.88. The molecule has 11 heteroatoms. The Morgan fingerprint density at radius 1 is 0.837 bits per heavy atom. The number of hydrogen-bond acceptors (Lipinski definition) is 8. The molecule has 2 heterocycles. The third-order valence-corrected chi connectivity index (χ3v) is 9.57. The van der Waals surface area contributed by atoms with Crippen LogP contribution in [0, 0.1) is 0 Å². The number of nitrogens with zero attached hydrogens (tertiary/aromatic N) is 2. The van der Waals surface area contributed by atoms with Gasteiger partial charge in [0, 0.05) is 22.9 Å². The fourth-order valence-electron chi connectivity index (χ4n) is 5.14. The van der Waals surface area contributed by atoms with Crippen molar-refractivity contribution in [3.05, 3.63) is 138 Å². The molecule has 1 aliphatic rings. The first-order valence-electron chi connectivity index (χ1n) is 13.7. The summed E-state index contributed by atoms with van der Waals surface area (Å²) in [5.74, 6) is 0.382. The van der Waals surface area contributed by atoms with Gasteiger partial charge in [-0.05, 0) is 41.0 Å². The van der Waals surface area contributed by atoms with Crippen molar-refractivity contribution in [1.82, 2.24) is 15.2 Å². The predicted molar refractivity (Wildman–Crippen MR) is 164 cm³/mol. The summed E-state index contributed by atoms with van der Waals surface area (Å²) >= 11 is 1.51. The van der Waals surface area contributed by atoms with Crippen LogP contribution in [0.4, 0.5) is 5.69 Å². The zero-order chi connectivity index (χ0) is 29.6. The topological polar surface area (TPSA) is 126 Å². The van der Waals surface area contributed by atoms with E-state index in [0.29, 0.717) is 22.2 Å². The van der Waals surface area contributed by atoms with E-state index in [1.165, 1.54) is 18.1 Å². The van der Waals surface area contributed by atoms with Crippen molar-refractivity contribution in [1.29, 1.82) is 0 Å². The van der Waals surface area contributed by atoms with Gasteiger partial charge in [0.25, 0.3) is 10.0 Å². The first-order valence-corrected chi connectivity index (χ1v) is 16.2. The lowest BCUT2D eigenvalue weighted by atomic mass is 9.84. The van der Waals surface area contributed by atoms with Crippen molar-refractivity contribution in [3.63, 3.8) is 0 Å². The molecule has 9 nitrogen and oxygen atoms in total. The Hall–Kier alpha value is -4.00. The molecule has 4 unspecified atom stereocenters. The Balaban J connectivity index is 1.35. The molecule has 0 amide bonds. The normalized spacial score (nSPS) is 20.5. The molecule has 220 valence electrons. The van der Waals surface area contributed by atoms with Gasteiger partial charge in [0.2, 0.25) is 0 Å². The smallest absolute Gasteiger partial charge is 0.261 e. The van der Waals surface area contributed by atoms with Gasteiger partial charge in [-0.25, -0.2) is 13.4 Å². The van der Waals surface area contributed by atoms with Crippen LogP contribution in [0.2, 0.25) is 0 Å². The number of aliphatic hydroxyl groups is 1. The van der Waals surface area contributed by atoms with Gasteiger partial charge in [-0.15, -0.1) is 0 Å². The Bertz CT molecular complexity index is 1720. The zero-order valence-electron chi connectivity index (χ0n) is 23.0. The number of nitrogens with one attached hydrogen (secondary N) is 2. The number of aromatic amines is 1. The van der Waals surface area contributed by atoms with Crippen LogP contribution in [0.3, 0.4) is 0 Å². The average molecular weight is 615 g/mol. The van der Waals surface area contributed by atoms with Crippen molar-refractivity contribution in [2.45, 2.75) is 41.1 Å². The molecule has 0 bridgehead atoms. The summed E-state index contributed by atoms with van der Waals surface area (Å²) in [6, 6.07) is 33.1. The molecule has 0 spiro atoms. The van der Waals surface area contributed by atoms with Gasteiger partial charge < -0.3 is 14.6 Å². The number of sulfonamides is 1. The summed E-state index contributed by atoms with van der Waals surface area (Å²) in [4.78, 5) is 4.44. The molecule has 1 fully saturated rings. The second-order valence-corrected chi connectivity index (χ2v) is 12.7. The molecule has 43 heavy (non-hydrogen) atoms. The number of aliphatic hydroxyl groups excluding tert-OH is 1. The molecule has 6 rings (SSSR count). The molecule has 1 saturated heterocycles. The highest BCUT2D eigenvalue weighted by Gasteiger charge is 2.42. The largest absolute Gasteiger partial charge is 0.392 e. The van der Waals surface area contributed by atoms with Crippen molar-refractivity contribution in [2.75, 3.05) is 10.5 Å². The van der Waals surface area contributed by atoms with Crippen molar-refractivity contribution in [3.8, 4) is 0 Å². The van der Waals surface area contributed by atoms with Crippen LogP contribution >= 0.6 is 11.8 Å². The van der Waals surface area contributed by atoms with Crippen molar-refractivity contribution in [2.24, 2.45) is 0 Å². The highest BCUT2D eigenvalue weighted by Crippen LogP contribution is 2.48. The highest BCUT2D eigenvalue weighted by atomic mass is 32.2. The number of hydrogen-bond donors (Lipinski definition) is 3. The maximum Gasteiger partial charge on any atom is 0.261 e. The predicted octanol–water partition coefficient (Wildman–Crippen LogP) is 5.83. The second kappa shape index (κ2) is 13.1. The van der Waals surface area contributed by atoms with E-state index in [2.05, 4.69) is 32.0 Å². The van der Waals surface area contributed by atoms with Crippen LogP contribution in [0.15, 0.2) is 126 Å². The fourth-order valence-corrected chi connectivity index (χ4v) is 7.06. The summed E-state index contributed by atoms with van der Waals surface area (Å²) < 4.78 is 42.1. The van der Waals surface area contributed by atoms with E-state index >= 15 is 0 Å². The number of thioether (sulfide) groups is 1. The van der Waals surface area contributed by atoms with Crippen molar-refractivity contribution < 1.29 is 23.0 Å². The van der Waals surface area contributed by atoms with Crippen LogP contribution in [-0.4, -0.2) is 40.6 Å². The van der Waals surface area contributed by atoms with Gasteiger partial charge in [-0.2, -0.15) is 5.10 Å². The molecule has 0 radical (unpaired) electrons. The quantitative estimate of drug-likeness (QED) is 0.168. The Kier molecular flexibility index (Phi) is 8.87. The van der Waals surface area contributed by atoms with Crippen molar-refractivity contribution >= 4 is 27.5 Å². The lowest BCUT2D eigenvalue weighted by Gasteiger charge is -2.43. The molecular weight excluding hydrogens is 585 g/mol. The summed E-state index contributed by atoms with van der Waals surface area (Å²) in [6.07, 6.45) is -0.0376. The maximum atomic E-state index is 13.0. The standard InChI is InChI=1S/C32H30N4O5S2/c37-19-22-14-16-24(17-15-22)30-29(23-8-3-1-4-9-23)28(20-42-32-33-21-34-35-32)40-31(41-30)25-10-7-11-26(18-25)36-43(38,39)27-12-5-2-6-13-27/h1-18,21,28-31,36-37H,19-20H2,(H,33,34,35). The van der Waals surface area contributed by atoms with Crippen LogP contribution in [0.25, 0.3) is 0 Å². The number of ether oxygens (including phenoxy) is 2. The molecule has 0 aliphatic carbocycles. The van der Waals surface area contributed by atoms with E-state index in [9.17, 15) is 13.5 Å². The summed E-state index contributed by atoms with van der Waals surface area (Å²) in [6.45, 7) is -0.0538. The fraction of sp³-hybridized carbons (Fsp3) is 0.188. The minimum atomic E-state index is -3.78. The maximum absolute atomic E-state index is 13.0. The van der Waals surface area contributed by atoms with Gasteiger partial charge in [0.05, 0.1) is 23.7 Å². The zero-order valence-corrected chi connectivity index (χ0v) is 24.6. The first kappa shape index (κ1) is 29.1. The molecule has 1 aromatic heterocycles.